The van der Waals surface area contributed by atoms with E-state index in [1.807, 2.05) is 5.51 Å². The SMILES string of the molecule is CC(C)C[Si](C)(C)OCCc1cscn1. The molecule has 4 heteroatoms. The molecule has 0 saturated carbocycles. The van der Waals surface area contributed by atoms with Crippen LogP contribution in [0.2, 0.25) is 19.1 Å². The molecule has 0 aliphatic carbocycles. The number of aromatic nitrogens is 1. The molecule has 0 radical (unpaired) electrons. The van der Waals surface area contributed by atoms with Crippen molar-refractivity contribution in [1.29, 1.82) is 0 Å². The van der Waals surface area contributed by atoms with Crippen molar-refractivity contribution in [1.82, 2.24) is 4.98 Å². The van der Waals surface area contributed by atoms with Crippen LogP contribution in [0, 0.1) is 5.92 Å². The van der Waals surface area contributed by atoms with Crippen LogP contribution in [0.4, 0.5) is 0 Å². The van der Waals surface area contributed by atoms with Crippen LogP contribution in [0.5, 0.6) is 0 Å². The third kappa shape index (κ3) is 5.44. The van der Waals surface area contributed by atoms with E-state index in [0.29, 0.717) is 0 Å². The fourth-order valence-electron chi connectivity index (χ4n) is 1.83. The van der Waals surface area contributed by atoms with E-state index in [1.54, 1.807) is 11.3 Å². The topological polar surface area (TPSA) is 22.1 Å². The highest BCUT2D eigenvalue weighted by Gasteiger charge is 2.23. The van der Waals surface area contributed by atoms with Gasteiger partial charge in [0.1, 0.15) is 0 Å². The van der Waals surface area contributed by atoms with E-state index in [9.17, 15) is 0 Å². The lowest BCUT2D eigenvalue weighted by molar-refractivity contribution is 0.306. The second-order valence-corrected chi connectivity index (χ2v) is 9.87. The van der Waals surface area contributed by atoms with Gasteiger partial charge in [0, 0.05) is 18.4 Å². The monoisotopic (exact) mass is 243 g/mol. The highest BCUT2D eigenvalue weighted by molar-refractivity contribution is 7.07. The van der Waals surface area contributed by atoms with E-state index < -0.39 is 8.32 Å². The number of nitrogens with zero attached hydrogens (tertiary/aromatic N) is 1. The van der Waals surface area contributed by atoms with Gasteiger partial charge in [-0.05, 0) is 25.1 Å². The minimum atomic E-state index is -1.42. The zero-order valence-electron chi connectivity index (χ0n) is 10.1. The molecule has 0 amide bonds. The first-order chi connectivity index (χ1) is 6.99. The van der Waals surface area contributed by atoms with E-state index >= 15 is 0 Å². The Kier molecular flexibility index (Phi) is 4.95. The minimum absolute atomic E-state index is 0.742. The average Bonchev–Trinajstić information content (AvgIpc) is 2.53. The molecule has 0 saturated heterocycles. The van der Waals surface area contributed by atoms with Gasteiger partial charge in [0.05, 0.1) is 11.2 Å². The number of rotatable bonds is 6. The van der Waals surface area contributed by atoms with Gasteiger partial charge in [-0.2, -0.15) is 0 Å². The van der Waals surface area contributed by atoms with E-state index in [4.69, 9.17) is 4.43 Å². The Morgan fingerprint density at radius 3 is 2.73 bits per heavy atom. The summed E-state index contributed by atoms with van der Waals surface area (Å²) in [5.74, 6) is 0.742. The summed E-state index contributed by atoms with van der Waals surface area (Å²) in [6.07, 6.45) is 0.956. The van der Waals surface area contributed by atoms with Crippen molar-refractivity contribution < 1.29 is 4.43 Å². The first kappa shape index (κ1) is 12.9. The summed E-state index contributed by atoms with van der Waals surface area (Å²) in [5, 5.41) is 2.10. The van der Waals surface area contributed by atoms with Crippen molar-refractivity contribution in [2.24, 2.45) is 5.92 Å². The van der Waals surface area contributed by atoms with Crippen LogP contribution in [0.25, 0.3) is 0 Å². The Morgan fingerprint density at radius 2 is 2.20 bits per heavy atom. The highest BCUT2D eigenvalue weighted by atomic mass is 32.1. The van der Waals surface area contributed by atoms with E-state index in [-0.39, 0.29) is 0 Å². The molecule has 0 bridgehead atoms. The lowest BCUT2D eigenvalue weighted by atomic mass is 10.3. The van der Waals surface area contributed by atoms with Crippen molar-refractivity contribution >= 4 is 19.7 Å². The third-order valence-corrected chi connectivity index (χ3v) is 5.65. The molecule has 2 nitrogen and oxygen atoms in total. The Labute approximate surface area is 97.8 Å². The molecule has 0 aromatic carbocycles. The predicted molar refractivity (Wildman–Crippen MR) is 68.9 cm³/mol. The lowest BCUT2D eigenvalue weighted by Crippen LogP contribution is -2.32. The molecule has 1 rings (SSSR count). The zero-order chi connectivity index (χ0) is 11.3. The van der Waals surface area contributed by atoms with Crippen molar-refractivity contribution in [3.63, 3.8) is 0 Å². The molecule has 1 aromatic rings. The molecule has 1 heterocycles. The summed E-state index contributed by atoms with van der Waals surface area (Å²) < 4.78 is 6.02. The van der Waals surface area contributed by atoms with Gasteiger partial charge in [0.15, 0.2) is 8.32 Å². The predicted octanol–water partition coefficient (Wildman–Crippen LogP) is 3.56. The Bertz CT molecular complexity index is 272. The highest BCUT2D eigenvalue weighted by Crippen LogP contribution is 2.17. The minimum Gasteiger partial charge on any atom is -0.417 e. The summed E-state index contributed by atoms with van der Waals surface area (Å²) in [6.45, 7) is 9.95. The van der Waals surface area contributed by atoms with Crippen molar-refractivity contribution in [2.75, 3.05) is 6.61 Å². The maximum Gasteiger partial charge on any atom is 0.186 e. The van der Waals surface area contributed by atoms with Crippen LogP contribution in [0.1, 0.15) is 19.5 Å². The molecule has 1 aromatic heterocycles. The molecule has 0 unspecified atom stereocenters. The summed E-state index contributed by atoms with van der Waals surface area (Å²) in [7, 11) is -1.42. The van der Waals surface area contributed by atoms with Crippen LogP contribution in [-0.4, -0.2) is 19.9 Å². The molecule has 86 valence electrons. The largest absolute Gasteiger partial charge is 0.417 e. The van der Waals surface area contributed by atoms with E-state index in [0.717, 1.165) is 24.6 Å². The normalized spacial score (nSPS) is 12.3. The van der Waals surface area contributed by atoms with E-state index in [2.05, 4.69) is 37.3 Å². The van der Waals surface area contributed by atoms with Crippen LogP contribution in [0.15, 0.2) is 10.9 Å². The molecule has 0 aliphatic rings. The molecule has 0 fully saturated rings. The smallest absolute Gasteiger partial charge is 0.186 e. The molecule has 0 aliphatic heterocycles. The van der Waals surface area contributed by atoms with Gasteiger partial charge in [-0.1, -0.05) is 13.8 Å². The Hall–Kier alpha value is -0.193. The van der Waals surface area contributed by atoms with Crippen molar-refractivity contribution in [2.45, 2.75) is 39.4 Å². The van der Waals surface area contributed by atoms with Crippen molar-refractivity contribution in [3.05, 3.63) is 16.6 Å². The number of thiazole rings is 1. The summed E-state index contributed by atoms with van der Waals surface area (Å²) in [5.41, 5.74) is 3.04. The maximum atomic E-state index is 6.02. The van der Waals surface area contributed by atoms with Gasteiger partial charge in [0.2, 0.25) is 0 Å². The van der Waals surface area contributed by atoms with Gasteiger partial charge in [0.25, 0.3) is 0 Å². The zero-order valence-corrected chi connectivity index (χ0v) is 11.9. The van der Waals surface area contributed by atoms with Crippen LogP contribution in [-0.2, 0) is 10.8 Å². The molecule has 0 spiro atoms. The van der Waals surface area contributed by atoms with Gasteiger partial charge in [-0.15, -0.1) is 11.3 Å². The molecular formula is C11H21NOSSi. The van der Waals surface area contributed by atoms with Crippen LogP contribution < -0.4 is 0 Å². The first-order valence-corrected chi connectivity index (χ1v) is 9.56. The average molecular weight is 243 g/mol. The number of hydrogen-bond acceptors (Lipinski definition) is 3. The Balaban J connectivity index is 2.24. The first-order valence-electron chi connectivity index (χ1n) is 5.50. The maximum absolute atomic E-state index is 6.02. The molecule has 0 atom stereocenters. The second kappa shape index (κ2) is 5.77. The van der Waals surface area contributed by atoms with Gasteiger partial charge in [-0.25, -0.2) is 4.98 Å². The molecular weight excluding hydrogens is 222 g/mol. The van der Waals surface area contributed by atoms with Gasteiger partial charge < -0.3 is 4.43 Å². The van der Waals surface area contributed by atoms with Crippen molar-refractivity contribution in [3.8, 4) is 0 Å². The quantitative estimate of drug-likeness (QED) is 0.713. The summed E-state index contributed by atoms with van der Waals surface area (Å²) in [6, 6.07) is 1.24. The van der Waals surface area contributed by atoms with Gasteiger partial charge >= 0.3 is 0 Å². The fraction of sp³-hybridized carbons (Fsp3) is 0.727. The summed E-state index contributed by atoms with van der Waals surface area (Å²) in [4.78, 5) is 4.25. The summed E-state index contributed by atoms with van der Waals surface area (Å²) >= 11 is 1.65. The fourth-order valence-corrected chi connectivity index (χ4v) is 5.17. The van der Waals surface area contributed by atoms with E-state index in [1.165, 1.54) is 6.04 Å². The second-order valence-electron chi connectivity index (χ2n) is 4.94. The molecule has 15 heavy (non-hydrogen) atoms. The third-order valence-electron chi connectivity index (χ3n) is 2.23. The standard InChI is InChI=1S/C11H21NOSSi/c1-10(2)8-15(3,4)13-6-5-11-7-14-9-12-11/h7,9-10H,5-6,8H2,1-4H3. The van der Waals surface area contributed by atoms with Crippen LogP contribution >= 0.6 is 11.3 Å². The number of hydrogen-bond donors (Lipinski definition) is 0. The Morgan fingerprint density at radius 1 is 1.47 bits per heavy atom. The molecule has 0 N–H and O–H groups in total. The van der Waals surface area contributed by atoms with Crippen LogP contribution in [0.3, 0.4) is 0 Å². The lowest BCUT2D eigenvalue weighted by Gasteiger charge is -2.24. The van der Waals surface area contributed by atoms with Gasteiger partial charge in [-0.3, -0.25) is 0 Å².